The highest BCUT2D eigenvalue weighted by atomic mass is 35.5. The Bertz CT molecular complexity index is 480. The summed E-state index contributed by atoms with van der Waals surface area (Å²) in [6, 6.07) is 17.2. The maximum atomic E-state index is 5.96. The summed E-state index contributed by atoms with van der Waals surface area (Å²) in [5, 5.41) is 2.98. The molecule has 0 saturated carbocycles. The summed E-state index contributed by atoms with van der Waals surface area (Å²) in [6.07, 6.45) is 0. The molecule has 82 valence electrons. The zero-order valence-electron chi connectivity index (χ0n) is 9.41. The minimum absolute atomic E-state index is 0.387. The third-order valence-corrected chi connectivity index (χ3v) is 5.44. The van der Waals surface area contributed by atoms with Gasteiger partial charge in [-0.15, -0.1) is 11.6 Å². The number of hydrogen-bond acceptors (Lipinski definition) is 0. The molecule has 2 aromatic carbocycles. The average molecular weight is 247 g/mol. The summed E-state index contributed by atoms with van der Waals surface area (Å²) in [5.41, 5.74) is 2.69. The van der Waals surface area contributed by atoms with E-state index in [1.807, 2.05) is 0 Å². The number of halogens is 1. The SMILES string of the molecule is Cc1ccccc1[SiH2]c1ccccc1CCl. The Balaban J connectivity index is 2.30. The molecule has 0 radical (unpaired) electrons. The topological polar surface area (TPSA) is 0 Å². The van der Waals surface area contributed by atoms with Crippen molar-refractivity contribution in [1.29, 1.82) is 0 Å². The normalized spacial score (nSPS) is 11.1. The molecule has 0 N–H and O–H groups in total. The first-order chi connectivity index (χ1) is 7.81. The van der Waals surface area contributed by atoms with E-state index < -0.39 is 0 Å². The molecule has 0 unspecified atom stereocenters. The summed E-state index contributed by atoms with van der Waals surface area (Å²) >= 11 is 5.96. The number of aryl methyl sites for hydroxylation is 1. The first-order valence-electron chi connectivity index (χ1n) is 5.48. The van der Waals surface area contributed by atoms with Gasteiger partial charge in [-0.2, -0.15) is 0 Å². The molecule has 0 atom stereocenters. The smallest absolute Gasteiger partial charge is 0.0882 e. The lowest BCUT2D eigenvalue weighted by Gasteiger charge is -2.08. The van der Waals surface area contributed by atoms with Crippen LogP contribution in [0.5, 0.6) is 0 Å². The minimum atomic E-state index is -0.387. The Morgan fingerprint density at radius 2 is 1.56 bits per heavy atom. The number of benzene rings is 2. The van der Waals surface area contributed by atoms with Crippen LogP contribution in [0.3, 0.4) is 0 Å². The minimum Gasteiger partial charge on any atom is -0.122 e. The van der Waals surface area contributed by atoms with Crippen molar-refractivity contribution in [3.8, 4) is 0 Å². The fourth-order valence-electron chi connectivity index (χ4n) is 1.87. The van der Waals surface area contributed by atoms with Crippen molar-refractivity contribution >= 4 is 31.5 Å². The Kier molecular flexibility index (Phi) is 3.81. The number of rotatable bonds is 3. The maximum absolute atomic E-state index is 5.96. The lowest BCUT2D eigenvalue weighted by atomic mass is 10.2. The van der Waals surface area contributed by atoms with Gasteiger partial charge in [0.1, 0.15) is 0 Å². The van der Waals surface area contributed by atoms with Gasteiger partial charge in [-0.05, 0) is 12.5 Å². The van der Waals surface area contributed by atoms with Crippen LogP contribution in [-0.2, 0) is 5.88 Å². The molecule has 0 nitrogen and oxygen atoms in total. The van der Waals surface area contributed by atoms with Crippen LogP contribution < -0.4 is 10.4 Å². The van der Waals surface area contributed by atoms with Crippen LogP contribution in [0.25, 0.3) is 0 Å². The quantitative estimate of drug-likeness (QED) is 0.573. The fraction of sp³-hybridized carbons (Fsp3) is 0.143. The molecule has 2 heteroatoms. The zero-order chi connectivity index (χ0) is 11.4. The zero-order valence-corrected chi connectivity index (χ0v) is 11.6. The van der Waals surface area contributed by atoms with E-state index in [0.717, 1.165) is 0 Å². The molecule has 0 aliphatic rings. The van der Waals surface area contributed by atoms with E-state index in [-0.39, 0.29) is 9.52 Å². The van der Waals surface area contributed by atoms with Crippen LogP contribution in [0.4, 0.5) is 0 Å². The van der Waals surface area contributed by atoms with Crippen LogP contribution in [0, 0.1) is 6.92 Å². The molecular weight excluding hydrogens is 232 g/mol. The van der Waals surface area contributed by atoms with Gasteiger partial charge < -0.3 is 0 Å². The fourth-order valence-corrected chi connectivity index (χ4v) is 4.08. The van der Waals surface area contributed by atoms with Gasteiger partial charge in [-0.1, -0.05) is 64.5 Å². The van der Waals surface area contributed by atoms with Crippen LogP contribution in [-0.4, -0.2) is 9.52 Å². The Morgan fingerprint density at radius 3 is 2.25 bits per heavy atom. The van der Waals surface area contributed by atoms with Crippen LogP contribution >= 0.6 is 11.6 Å². The molecule has 0 spiro atoms. The van der Waals surface area contributed by atoms with Gasteiger partial charge in [0.25, 0.3) is 0 Å². The molecular formula is C14H15ClSi. The molecule has 16 heavy (non-hydrogen) atoms. The van der Waals surface area contributed by atoms with Gasteiger partial charge in [-0.3, -0.25) is 0 Å². The molecule has 0 fully saturated rings. The molecule has 0 amide bonds. The first kappa shape index (κ1) is 11.4. The van der Waals surface area contributed by atoms with Crippen molar-refractivity contribution in [2.45, 2.75) is 12.8 Å². The third kappa shape index (κ3) is 2.54. The van der Waals surface area contributed by atoms with Gasteiger partial charge in [0.15, 0.2) is 0 Å². The van der Waals surface area contributed by atoms with E-state index in [2.05, 4.69) is 55.5 Å². The maximum Gasteiger partial charge on any atom is 0.0882 e. The first-order valence-corrected chi connectivity index (χ1v) is 7.43. The second kappa shape index (κ2) is 5.33. The molecule has 0 aromatic heterocycles. The molecule has 0 heterocycles. The average Bonchev–Trinajstić information content (AvgIpc) is 2.33. The molecule has 0 saturated heterocycles. The molecule has 2 rings (SSSR count). The van der Waals surface area contributed by atoms with Crippen molar-refractivity contribution < 1.29 is 0 Å². The Hall–Kier alpha value is -1.05. The Labute approximate surface area is 104 Å². The van der Waals surface area contributed by atoms with Crippen molar-refractivity contribution in [2.24, 2.45) is 0 Å². The van der Waals surface area contributed by atoms with Crippen molar-refractivity contribution in [3.05, 3.63) is 59.7 Å². The lowest BCUT2D eigenvalue weighted by molar-refractivity contribution is 1.44. The van der Waals surface area contributed by atoms with Crippen molar-refractivity contribution in [2.75, 3.05) is 0 Å². The van der Waals surface area contributed by atoms with E-state index >= 15 is 0 Å². The number of hydrogen-bond donors (Lipinski definition) is 0. The van der Waals surface area contributed by atoms with Gasteiger partial charge in [0.2, 0.25) is 0 Å². The van der Waals surface area contributed by atoms with E-state index in [1.165, 1.54) is 21.5 Å². The van der Waals surface area contributed by atoms with Crippen LogP contribution in [0.2, 0.25) is 0 Å². The molecule has 2 aromatic rings. The summed E-state index contributed by atoms with van der Waals surface area (Å²) in [7, 11) is -0.387. The standard InChI is InChI=1S/C14H15ClSi/c1-11-6-2-4-8-13(11)16-14-9-5-3-7-12(14)10-15/h2-9H,10,16H2,1H3. The monoisotopic (exact) mass is 246 g/mol. The predicted octanol–water partition coefficient (Wildman–Crippen LogP) is 1.85. The molecule has 0 aliphatic carbocycles. The highest BCUT2D eigenvalue weighted by Gasteiger charge is 2.04. The van der Waals surface area contributed by atoms with Crippen molar-refractivity contribution in [3.63, 3.8) is 0 Å². The predicted molar refractivity (Wildman–Crippen MR) is 75.0 cm³/mol. The van der Waals surface area contributed by atoms with Gasteiger partial charge >= 0.3 is 0 Å². The lowest BCUT2D eigenvalue weighted by Crippen LogP contribution is -2.31. The van der Waals surface area contributed by atoms with Crippen LogP contribution in [0.15, 0.2) is 48.5 Å². The number of alkyl halides is 1. The van der Waals surface area contributed by atoms with E-state index in [1.54, 1.807) is 0 Å². The largest absolute Gasteiger partial charge is 0.122 e. The van der Waals surface area contributed by atoms with E-state index in [4.69, 9.17) is 11.6 Å². The second-order valence-electron chi connectivity index (χ2n) is 4.01. The highest BCUT2D eigenvalue weighted by Crippen LogP contribution is 2.00. The summed E-state index contributed by atoms with van der Waals surface area (Å²) < 4.78 is 0. The Morgan fingerprint density at radius 1 is 0.938 bits per heavy atom. The van der Waals surface area contributed by atoms with E-state index in [0.29, 0.717) is 5.88 Å². The molecule has 0 bridgehead atoms. The van der Waals surface area contributed by atoms with E-state index in [9.17, 15) is 0 Å². The highest BCUT2D eigenvalue weighted by molar-refractivity contribution is 6.68. The second-order valence-corrected chi connectivity index (χ2v) is 6.15. The summed E-state index contributed by atoms with van der Waals surface area (Å²) in [4.78, 5) is 0. The van der Waals surface area contributed by atoms with Gasteiger partial charge in [0, 0.05) is 5.88 Å². The molecule has 0 aliphatic heterocycles. The van der Waals surface area contributed by atoms with Crippen molar-refractivity contribution in [1.82, 2.24) is 0 Å². The van der Waals surface area contributed by atoms with Crippen LogP contribution in [0.1, 0.15) is 11.1 Å². The summed E-state index contributed by atoms with van der Waals surface area (Å²) in [5.74, 6) is 0.620. The third-order valence-electron chi connectivity index (χ3n) is 2.90. The van der Waals surface area contributed by atoms with Gasteiger partial charge in [-0.25, -0.2) is 0 Å². The summed E-state index contributed by atoms with van der Waals surface area (Å²) in [6.45, 7) is 2.19. The van der Waals surface area contributed by atoms with Gasteiger partial charge in [0.05, 0.1) is 9.52 Å².